The number of carbonyl (C=O) groups excluding carboxylic acids is 1. The SMILES string of the molecule is CC1(C)[C@@H](OC(=O)CCC(=O)O)CC[C@]2(C)C3=CC[C@@]4(C)[C@@H]5C[C@](C)(C(=O)O)CC[C@]5(C)CC[C@]4(C)C3=CC[C@@H]12. The molecule has 0 radical (unpaired) electrons. The molecule has 0 aromatic rings. The third-order valence-electron chi connectivity index (χ3n) is 13.5. The lowest BCUT2D eigenvalue weighted by Gasteiger charge is -2.68. The zero-order chi connectivity index (χ0) is 29.5. The molecule has 0 unspecified atom stereocenters. The van der Waals surface area contributed by atoms with Gasteiger partial charge in [0.05, 0.1) is 18.3 Å². The van der Waals surface area contributed by atoms with Gasteiger partial charge in [-0.15, -0.1) is 0 Å². The second-order valence-electron chi connectivity index (χ2n) is 15.9. The first-order valence-corrected chi connectivity index (χ1v) is 15.5. The van der Waals surface area contributed by atoms with E-state index in [-0.39, 0.29) is 46.0 Å². The van der Waals surface area contributed by atoms with Gasteiger partial charge in [0, 0.05) is 5.41 Å². The lowest BCUT2D eigenvalue weighted by atomic mass is 9.35. The number of carboxylic acids is 2. The molecule has 0 aromatic heterocycles. The normalized spacial score (nSPS) is 45.4. The fraction of sp³-hybridized carbons (Fsp3) is 0.794. The highest BCUT2D eigenvalue weighted by Crippen LogP contribution is 2.74. The number of carboxylic acid groups (broad SMARTS) is 2. The van der Waals surface area contributed by atoms with Crippen molar-refractivity contribution in [1.82, 2.24) is 0 Å². The molecule has 6 nitrogen and oxygen atoms in total. The summed E-state index contributed by atoms with van der Waals surface area (Å²) in [5.41, 5.74) is 2.24. The van der Waals surface area contributed by atoms with Crippen molar-refractivity contribution in [3.8, 4) is 0 Å². The maximum absolute atomic E-state index is 12.5. The third kappa shape index (κ3) is 4.05. The largest absolute Gasteiger partial charge is 0.481 e. The fourth-order valence-corrected chi connectivity index (χ4v) is 10.4. The van der Waals surface area contributed by atoms with Gasteiger partial charge in [-0.05, 0) is 109 Å². The van der Waals surface area contributed by atoms with E-state index in [0.717, 1.165) is 57.8 Å². The molecule has 0 amide bonds. The molecular formula is C34H50O6. The summed E-state index contributed by atoms with van der Waals surface area (Å²) in [6.45, 7) is 16.2. The molecule has 2 N–H and O–H groups in total. The van der Waals surface area contributed by atoms with E-state index >= 15 is 0 Å². The second-order valence-corrected chi connectivity index (χ2v) is 15.9. The molecule has 3 saturated carbocycles. The zero-order valence-corrected chi connectivity index (χ0v) is 25.7. The molecular weight excluding hydrogens is 504 g/mol. The summed E-state index contributed by atoms with van der Waals surface area (Å²) in [6, 6.07) is 0. The van der Waals surface area contributed by atoms with Gasteiger partial charge in [-0.3, -0.25) is 14.4 Å². The Kier molecular flexibility index (Phi) is 6.75. The Balaban J connectivity index is 1.46. The van der Waals surface area contributed by atoms with E-state index in [2.05, 4.69) is 53.7 Å². The Morgan fingerprint density at radius 2 is 1.52 bits per heavy atom. The van der Waals surface area contributed by atoms with Crippen molar-refractivity contribution in [2.45, 2.75) is 125 Å². The van der Waals surface area contributed by atoms with Gasteiger partial charge in [0.2, 0.25) is 0 Å². The van der Waals surface area contributed by atoms with Crippen molar-refractivity contribution in [3.05, 3.63) is 23.3 Å². The number of carbonyl (C=O) groups is 3. The lowest BCUT2D eigenvalue weighted by molar-refractivity contribution is -0.174. The first kappa shape index (κ1) is 29.4. The summed E-state index contributed by atoms with van der Waals surface area (Å²) >= 11 is 0. The minimum atomic E-state index is -0.981. The van der Waals surface area contributed by atoms with Crippen LogP contribution in [-0.4, -0.2) is 34.2 Å². The van der Waals surface area contributed by atoms with Crippen LogP contribution in [-0.2, 0) is 19.1 Å². The summed E-state index contributed by atoms with van der Waals surface area (Å²) in [5, 5.41) is 19.1. The smallest absolute Gasteiger partial charge is 0.309 e. The van der Waals surface area contributed by atoms with Crippen LogP contribution >= 0.6 is 0 Å². The fourth-order valence-electron chi connectivity index (χ4n) is 10.4. The summed E-state index contributed by atoms with van der Waals surface area (Å²) in [6.07, 6.45) is 12.9. The van der Waals surface area contributed by atoms with Gasteiger partial charge in [-0.25, -0.2) is 0 Å². The number of hydrogen-bond acceptors (Lipinski definition) is 4. The maximum atomic E-state index is 12.5. The van der Waals surface area contributed by atoms with E-state index in [9.17, 15) is 19.5 Å². The standard InChI is InChI=1S/C34H50O6/c1-29(2)23-9-8-22-21(32(23,5)14-13-25(29)40-27(37)11-10-26(35)36)12-15-34(7)24-20-31(4,28(38)39)17-16-30(24,3)18-19-33(22,34)6/h8,12,23-25H,9-11,13-20H2,1-7H3,(H,35,36)(H,38,39)/t23-,24+,25-,30+,31+,32+,33+,34-/m0/s1. The van der Waals surface area contributed by atoms with Crippen LogP contribution in [0.25, 0.3) is 0 Å². The number of hydrogen-bond donors (Lipinski definition) is 2. The maximum Gasteiger partial charge on any atom is 0.309 e. The van der Waals surface area contributed by atoms with E-state index in [1.807, 2.05) is 6.92 Å². The Hall–Kier alpha value is -2.11. The van der Waals surface area contributed by atoms with Crippen molar-refractivity contribution in [2.75, 3.05) is 0 Å². The average Bonchev–Trinajstić information content (AvgIpc) is 2.87. The summed E-state index contributed by atoms with van der Waals surface area (Å²) in [5.74, 6) is -1.37. The van der Waals surface area contributed by atoms with Gasteiger partial charge in [0.25, 0.3) is 0 Å². The Morgan fingerprint density at radius 3 is 2.17 bits per heavy atom. The predicted molar refractivity (Wildman–Crippen MR) is 153 cm³/mol. The number of ether oxygens (including phenoxy) is 1. The Bertz CT molecular complexity index is 1180. The van der Waals surface area contributed by atoms with E-state index in [4.69, 9.17) is 9.84 Å². The zero-order valence-electron chi connectivity index (χ0n) is 25.7. The van der Waals surface area contributed by atoms with Crippen molar-refractivity contribution >= 4 is 17.9 Å². The topological polar surface area (TPSA) is 101 Å². The quantitative estimate of drug-likeness (QED) is 0.340. The number of fused-ring (bicyclic) bond motifs is 7. The van der Waals surface area contributed by atoms with Crippen LogP contribution in [0, 0.1) is 44.3 Å². The number of allylic oxidation sites excluding steroid dienone is 4. The molecule has 0 heterocycles. The summed E-state index contributed by atoms with van der Waals surface area (Å²) in [7, 11) is 0. The number of rotatable bonds is 5. The molecule has 40 heavy (non-hydrogen) atoms. The van der Waals surface area contributed by atoms with Gasteiger partial charge in [-0.2, -0.15) is 0 Å². The number of aliphatic carboxylic acids is 2. The van der Waals surface area contributed by atoms with E-state index in [0.29, 0.717) is 11.8 Å². The van der Waals surface area contributed by atoms with E-state index in [1.165, 1.54) is 11.1 Å². The van der Waals surface area contributed by atoms with Crippen molar-refractivity contribution < 1.29 is 29.3 Å². The Morgan fingerprint density at radius 1 is 0.850 bits per heavy atom. The molecule has 0 aliphatic heterocycles. The molecule has 5 aliphatic carbocycles. The van der Waals surface area contributed by atoms with Crippen LogP contribution in [0.4, 0.5) is 0 Å². The van der Waals surface area contributed by atoms with Crippen LogP contribution in [0.5, 0.6) is 0 Å². The first-order chi connectivity index (χ1) is 18.4. The van der Waals surface area contributed by atoms with Crippen LogP contribution < -0.4 is 0 Å². The van der Waals surface area contributed by atoms with Gasteiger partial charge in [-0.1, -0.05) is 53.7 Å². The molecule has 6 heteroatoms. The summed E-state index contributed by atoms with van der Waals surface area (Å²) < 4.78 is 5.93. The molecule has 5 aliphatic rings. The lowest BCUT2D eigenvalue weighted by Crippen LogP contribution is -2.61. The van der Waals surface area contributed by atoms with Crippen molar-refractivity contribution in [2.24, 2.45) is 44.3 Å². The highest BCUT2D eigenvalue weighted by molar-refractivity contribution is 5.76. The molecule has 3 fully saturated rings. The molecule has 8 atom stereocenters. The number of esters is 1. The first-order valence-electron chi connectivity index (χ1n) is 15.5. The van der Waals surface area contributed by atoms with Gasteiger partial charge < -0.3 is 14.9 Å². The monoisotopic (exact) mass is 554 g/mol. The molecule has 0 bridgehead atoms. The minimum Gasteiger partial charge on any atom is -0.481 e. The van der Waals surface area contributed by atoms with E-state index in [1.54, 1.807) is 0 Å². The van der Waals surface area contributed by atoms with Crippen LogP contribution in [0.3, 0.4) is 0 Å². The van der Waals surface area contributed by atoms with Crippen molar-refractivity contribution in [1.29, 1.82) is 0 Å². The van der Waals surface area contributed by atoms with Gasteiger partial charge in [0.1, 0.15) is 6.10 Å². The molecule has 0 spiro atoms. The van der Waals surface area contributed by atoms with Crippen LogP contribution in [0.1, 0.15) is 119 Å². The molecule has 0 aromatic carbocycles. The van der Waals surface area contributed by atoms with Gasteiger partial charge >= 0.3 is 17.9 Å². The van der Waals surface area contributed by atoms with Crippen molar-refractivity contribution in [3.63, 3.8) is 0 Å². The molecule has 5 rings (SSSR count). The predicted octanol–water partition coefficient (Wildman–Crippen LogP) is 7.57. The van der Waals surface area contributed by atoms with Crippen LogP contribution in [0.15, 0.2) is 23.3 Å². The minimum absolute atomic E-state index is 0.00203. The third-order valence-corrected chi connectivity index (χ3v) is 13.5. The average molecular weight is 555 g/mol. The van der Waals surface area contributed by atoms with Crippen LogP contribution in [0.2, 0.25) is 0 Å². The second kappa shape index (κ2) is 9.19. The highest BCUT2D eigenvalue weighted by Gasteiger charge is 2.66. The Labute approximate surface area is 240 Å². The summed E-state index contributed by atoms with van der Waals surface area (Å²) in [4.78, 5) is 35.8. The molecule has 222 valence electrons. The molecule has 0 saturated heterocycles. The van der Waals surface area contributed by atoms with E-state index < -0.39 is 23.3 Å². The van der Waals surface area contributed by atoms with Gasteiger partial charge in [0.15, 0.2) is 0 Å². The highest BCUT2D eigenvalue weighted by atomic mass is 16.5.